The van der Waals surface area contributed by atoms with Crippen molar-refractivity contribution in [3.05, 3.63) is 54.0 Å². The predicted octanol–water partition coefficient (Wildman–Crippen LogP) is 2.83. The highest BCUT2D eigenvalue weighted by atomic mass is 16.5. The maximum atomic E-state index is 12.6. The van der Waals surface area contributed by atoms with Crippen LogP contribution in [0.1, 0.15) is 29.8 Å². The van der Waals surface area contributed by atoms with Crippen LogP contribution in [0.15, 0.2) is 42.9 Å². The molecule has 3 aromatic rings. The fourth-order valence-electron chi connectivity index (χ4n) is 2.73. The molecule has 26 heavy (non-hydrogen) atoms. The summed E-state index contributed by atoms with van der Waals surface area (Å²) in [4.78, 5) is 19.3. The van der Waals surface area contributed by atoms with E-state index in [9.17, 15) is 4.79 Å². The summed E-state index contributed by atoms with van der Waals surface area (Å²) in [7, 11) is 1.60. The third-order valence-electron chi connectivity index (χ3n) is 4.30. The Morgan fingerprint density at radius 2 is 1.92 bits per heavy atom. The van der Waals surface area contributed by atoms with Crippen LogP contribution in [0.3, 0.4) is 0 Å². The molecule has 0 aliphatic carbocycles. The zero-order valence-electron chi connectivity index (χ0n) is 15.3. The van der Waals surface area contributed by atoms with Crippen molar-refractivity contribution in [2.45, 2.75) is 20.4 Å². The second-order valence-corrected chi connectivity index (χ2v) is 5.93. The largest absolute Gasteiger partial charge is 0.497 e. The van der Waals surface area contributed by atoms with Crippen LogP contribution in [0.5, 0.6) is 5.75 Å². The predicted molar refractivity (Wildman–Crippen MR) is 101 cm³/mol. The van der Waals surface area contributed by atoms with Gasteiger partial charge in [-0.15, -0.1) is 0 Å². The average molecular weight is 353 g/mol. The molecule has 0 bridgehead atoms. The zero-order chi connectivity index (χ0) is 18.5. The first-order valence-corrected chi connectivity index (χ1v) is 8.64. The number of amides is 1. The van der Waals surface area contributed by atoms with Crippen molar-refractivity contribution in [1.82, 2.24) is 19.5 Å². The summed E-state index contributed by atoms with van der Waals surface area (Å²) in [6.07, 6.45) is 5.27. The Morgan fingerprint density at radius 1 is 1.19 bits per heavy atom. The number of nitrogens with one attached hydrogen (secondary N) is 1. The average Bonchev–Trinajstić information content (AvgIpc) is 3.10. The molecule has 1 aromatic carbocycles. The van der Waals surface area contributed by atoms with Gasteiger partial charge in [-0.2, -0.15) is 5.10 Å². The Labute approximate surface area is 152 Å². The second-order valence-electron chi connectivity index (χ2n) is 5.93. The van der Waals surface area contributed by atoms with Crippen molar-refractivity contribution in [1.29, 1.82) is 0 Å². The molecule has 0 fully saturated rings. The Morgan fingerprint density at radius 3 is 2.58 bits per heavy atom. The summed E-state index contributed by atoms with van der Waals surface area (Å²) in [5.74, 6) is 0.496. The van der Waals surface area contributed by atoms with Gasteiger partial charge in [0.15, 0.2) is 5.65 Å². The molecule has 7 heteroatoms. The molecule has 7 nitrogen and oxygen atoms in total. The van der Waals surface area contributed by atoms with E-state index in [0.29, 0.717) is 16.9 Å². The first-order valence-electron chi connectivity index (χ1n) is 8.64. The summed E-state index contributed by atoms with van der Waals surface area (Å²) < 4.78 is 6.77. The number of anilines is 1. The fraction of sp³-hybridized carbons (Fsp3) is 0.316. The highest BCUT2D eigenvalue weighted by Crippen LogP contribution is 2.17. The molecule has 2 heterocycles. The van der Waals surface area contributed by atoms with Crippen LogP contribution in [0, 0.1) is 0 Å². The molecule has 0 spiro atoms. The Kier molecular flexibility index (Phi) is 5.48. The quantitative estimate of drug-likeness (QED) is 0.707. The molecule has 0 atom stereocenters. The summed E-state index contributed by atoms with van der Waals surface area (Å²) in [6, 6.07) is 7.17. The topological polar surface area (TPSA) is 71.8 Å². The molecule has 0 aliphatic rings. The van der Waals surface area contributed by atoms with Crippen molar-refractivity contribution in [3.63, 3.8) is 0 Å². The summed E-state index contributed by atoms with van der Waals surface area (Å²) >= 11 is 0. The second kappa shape index (κ2) is 7.97. The van der Waals surface area contributed by atoms with Gasteiger partial charge in [-0.3, -0.25) is 9.69 Å². The van der Waals surface area contributed by atoms with Crippen molar-refractivity contribution in [2.24, 2.45) is 0 Å². The number of hydrogen-bond donors (Lipinski definition) is 1. The van der Waals surface area contributed by atoms with Gasteiger partial charge in [0.1, 0.15) is 11.3 Å². The van der Waals surface area contributed by atoms with Crippen molar-refractivity contribution in [3.8, 4) is 5.75 Å². The Bertz CT molecular complexity index is 885. The van der Waals surface area contributed by atoms with Gasteiger partial charge < -0.3 is 10.1 Å². The number of carbonyl (C=O) groups excluding carboxylic acids is 1. The van der Waals surface area contributed by atoms with Crippen LogP contribution in [0.25, 0.3) is 5.65 Å². The lowest BCUT2D eigenvalue weighted by atomic mass is 10.2. The van der Waals surface area contributed by atoms with E-state index in [-0.39, 0.29) is 5.91 Å². The third kappa shape index (κ3) is 3.83. The number of nitrogens with zero attached hydrogens (tertiary/aromatic N) is 4. The molecular weight excluding hydrogens is 330 g/mol. The molecule has 2 aromatic heterocycles. The van der Waals surface area contributed by atoms with E-state index in [0.717, 1.165) is 30.9 Å². The smallest absolute Gasteiger partial charge is 0.261 e. The number of ether oxygens (including phenoxy) is 1. The van der Waals surface area contributed by atoms with Gasteiger partial charge >= 0.3 is 0 Å². The number of rotatable bonds is 7. The first kappa shape index (κ1) is 17.9. The van der Waals surface area contributed by atoms with E-state index >= 15 is 0 Å². The normalized spacial score (nSPS) is 11.1. The lowest BCUT2D eigenvalue weighted by molar-refractivity contribution is 0.102. The summed E-state index contributed by atoms with van der Waals surface area (Å²) in [5.41, 5.74) is 2.73. The molecule has 0 saturated heterocycles. The molecule has 0 aliphatic heterocycles. The number of methoxy groups -OCH3 is 1. The van der Waals surface area contributed by atoms with Crippen LogP contribution >= 0.6 is 0 Å². The molecule has 0 unspecified atom stereocenters. The van der Waals surface area contributed by atoms with Gasteiger partial charge in [-0.1, -0.05) is 13.8 Å². The van der Waals surface area contributed by atoms with E-state index in [1.165, 1.54) is 0 Å². The summed E-state index contributed by atoms with van der Waals surface area (Å²) in [5, 5.41) is 7.14. The monoisotopic (exact) mass is 353 g/mol. The minimum absolute atomic E-state index is 0.242. The molecule has 136 valence electrons. The number of fused-ring (bicyclic) bond motifs is 1. The number of hydrogen-bond acceptors (Lipinski definition) is 5. The van der Waals surface area contributed by atoms with Gasteiger partial charge in [-0.05, 0) is 37.4 Å². The molecule has 1 amide bonds. The van der Waals surface area contributed by atoms with Crippen molar-refractivity contribution < 1.29 is 9.53 Å². The number of carbonyl (C=O) groups is 1. The minimum Gasteiger partial charge on any atom is -0.497 e. The van der Waals surface area contributed by atoms with E-state index < -0.39 is 0 Å². The standard InChI is InChI=1S/C19H23N5O2/c1-4-23(5-2)12-14-10-20-18-17(11-21-24(18)13-14)19(25)22-15-6-8-16(26-3)9-7-15/h6-11,13H,4-5,12H2,1-3H3,(H,22,25). The van der Waals surface area contributed by atoms with Gasteiger partial charge in [0.2, 0.25) is 0 Å². The highest BCUT2D eigenvalue weighted by Gasteiger charge is 2.15. The van der Waals surface area contributed by atoms with Crippen LogP contribution in [-0.4, -0.2) is 45.6 Å². The van der Waals surface area contributed by atoms with Gasteiger partial charge in [0.25, 0.3) is 5.91 Å². The number of benzene rings is 1. The van der Waals surface area contributed by atoms with E-state index in [2.05, 4.69) is 34.1 Å². The summed E-state index contributed by atoms with van der Waals surface area (Å²) in [6.45, 7) is 7.02. The van der Waals surface area contributed by atoms with E-state index in [1.54, 1.807) is 48.3 Å². The van der Waals surface area contributed by atoms with Crippen molar-refractivity contribution >= 4 is 17.2 Å². The molecule has 0 saturated carbocycles. The maximum absolute atomic E-state index is 12.6. The van der Waals surface area contributed by atoms with Gasteiger partial charge in [0.05, 0.1) is 13.3 Å². The lowest BCUT2D eigenvalue weighted by Gasteiger charge is -2.17. The fourth-order valence-corrected chi connectivity index (χ4v) is 2.73. The SMILES string of the molecule is CCN(CC)Cc1cnc2c(C(=O)Nc3ccc(OC)cc3)cnn2c1. The Balaban J connectivity index is 1.78. The van der Waals surface area contributed by atoms with Crippen LogP contribution in [0.4, 0.5) is 5.69 Å². The Hall–Kier alpha value is -2.93. The molecule has 3 rings (SSSR count). The first-order chi connectivity index (χ1) is 12.6. The van der Waals surface area contributed by atoms with Crippen molar-refractivity contribution in [2.75, 3.05) is 25.5 Å². The van der Waals surface area contributed by atoms with Gasteiger partial charge in [-0.25, -0.2) is 9.50 Å². The molecule has 1 N–H and O–H groups in total. The molecular formula is C19H23N5O2. The van der Waals surface area contributed by atoms with Crippen LogP contribution in [0.2, 0.25) is 0 Å². The zero-order valence-corrected chi connectivity index (χ0v) is 15.3. The van der Waals surface area contributed by atoms with Crippen LogP contribution in [-0.2, 0) is 6.54 Å². The lowest BCUT2D eigenvalue weighted by Crippen LogP contribution is -2.22. The van der Waals surface area contributed by atoms with Crippen LogP contribution < -0.4 is 10.1 Å². The minimum atomic E-state index is -0.242. The van der Waals surface area contributed by atoms with E-state index in [1.807, 2.05) is 6.20 Å². The van der Waals surface area contributed by atoms with Gasteiger partial charge in [0, 0.05) is 30.2 Å². The maximum Gasteiger partial charge on any atom is 0.261 e. The highest BCUT2D eigenvalue weighted by molar-refractivity contribution is 6.08. The molecule has 0 radical (unpaired) electrons. The number of aromatic nitrogens is 3. The third-order valence-corrected chi connectivity index (χ3v) is 4.30. The van der Waals surface area contributed by atoms with E-state index in [4.69, 9.17) is 4.74 Å².